The van der Waals surface area contributed by atoms with Crippen LogP contribution < -0.4 is 4.74 Å². The molecule has 0 bridgehead atoms. The Labute approximate surface area is 112 Å². The lowest BCUT2D eigenvalue weighted by Gasteiger charge is -2.10. The molecule has 0 atom stereocenters. The van der Waals surface area contributed by atoms with E-state index in [1.54, 1.807) is 25.1 Å². The van der Waals surface area contributed by atoms with Crippen LogP contribution in [0.25, 0.3) is 0 Å². The zero-order chi connectivity index (χ0) is 13.8. The van der Waals surface area contributed by atoms with Gasteiger partial charge in [-0.2, -0.15) is 0 Å². The molecule has 0 saturated carbocycles. The molecule has 0 aliphatic rings. The van der Waals surface area contributed by atoms with Crippen molar-refractivity contribution in [3.05, 3.63) is 64.7 Å². The van der Waals surface area contributed by atoms with Gasteiger partial charge in [-0.3, -0.25) is 0 Å². The zero-order valence-electron chi connectivity index (χ0n) is 11.0. The topological polar surface area (TPSA) is 46.5 Å². The summed E-state index contributed by atoms with van der Waals surface area (Å²) in [6.07, 6.45) is 0. The third-order valence-corrected chi connectivity index (χ3v) is 3.08. The number of benzene rings is 2. The molecule has 0 aliphatic heterocycles. The predicted octanol–water partition coefficient (Wildman–Crippen LogP) is 3.58. The summed E-state index contributed by atoms with van der Waals surface area (Å²) in [5.41, 5.74) is 3.32. The summed E-state index contributed by atoms with van der Waals surface area (Å²) < 4.78 is 5.70. The van der Waals surface area contributed by atoms with Crippen molar-refractivity contribution >= 4 is 5.97 Å². The fourth-order valence-corrected chi connectivity index (χ4v) is 1.90. The molecule has 0 unspecified atom stereocenters. The second kappa shape index (κ2) is 5.57. The lowest BCUT2D eigenvalue weighted by molar-refractivity contribution is 0.0696. The molecule has 1 N–H and O–H groups in total. The predicted molar refractivity (Wildman–Crippen MR) is 73.6 cm³/mol. The van der Waals surface area contributed by atoms with Crippen LogP contribution in [0, 0.1) is 13.8 Å². The molecule has 2 rings (SSSR count). The number of carboxylic acid groups (broad SMARTS) is 1. The summed E-state index contributed by atoms with van der Waals surface area (Å²) in [5.74, 6) is -0.228. The average Bonchev–Trinajstić information content (AvgIpc) is 2.37. The van der Waals surface area contributed by atoms with E-state index >= 15 is 0 Å². The van der Waals surface area contributed by atoms with Crippen molar-refractivity contribution in [2.45, 2.75) is 20.5 Å². The summed E-state index contributed by atoms with van der Waals surface area (Å²) >= 11 is 0. The van der Waals surface area contributed by atoms with Crippen LogP contribution in [0.3, 0.4) is 0 Å². The van der Waals surface area contributed by atoms with Crippen molar-refractivity contribution < 1.29 is 14.6 Å². The van der Waals surface area contributed by atoms with Crippen molar-refractivity contribution in [2.75, 3.05) is 0 Å². The molecule has 0 amide bonds. The average molecular weight is 256 g/mol. The quantitative estimate of drug-likeness (QED) is 0.909. The maximum absolute atomic E-state index is 10.9. The van der Waals surface area contributed by atoms with Crippen LogP contribution >= 0.6 is 0 Å². The third-order valence-electron chi connectivity index (χ3n) is 3.08. The molecule has 0 aliphatic carbocycles. The standard InChI is InChI=1S/C16H16O3/c1-11-5-3-4-6-13(11)10-19-14-7-8-15(16(17)18)12(2)9-14/h3-9H,10H2,1-2H3,(H,17,18). The molecule has 0 saturated heterocycles. The Morgan fingerprint density at radius 2 is 1.84 bits per heavy atom. The number of carbonyl (C=O) groups is 1. The smallest absolute Gasteiger partial charge is 0.335 e. The first-order valence-electron chi connectivity index (χ1n) is 6.09. The van der Waals surface area contributed by atoms with Gasteiger partial charge in [0.25, 0.3) is 0 Å². The Kier molecular flexibility index (Phi) is 3.85. The Morgan fingerprint density at radius 3 is 2.47 bits per heavy atom. The largest absolute Gasteiger partial charge is 0.489 e. The van der Waals surface area contributed by atoms with E-state index in [0.29, 0.717) is 23.5 Å². The molecular weight excluding hydrogens is 240 g/mol. The Balaban J connectivity index is 2.11. The fraction of sp³-hybridized carbons (Fsp3) is 0.188. The van der Waals surface area contributed by atoms with Gasteiger partial charge in [-0.1, -0.05) is 24.3 Å². The number of ether oxygens (including phenoxy) is 1. The van der Waals surface area contributed by atoms with Gasteiger partial charge in [-0.25, -0.2) is 4.79 Å². The van der Waals surface area contributed by atoms with E-state index in [1.165, 1.54) is 5.56 Å². The SMILES string of the molecule is Cc1ccccc1COc1ccc(C(=O)O)c(C)c1. The van der Waals surface area contributed by atoms with E-state index in [9.17, 15) is 4.79 Å². The molecule has 2 aromatic carbocycles. The highest BCUT2D eigenvalue weighted by atomic mass is 16.5. The van der Waals surface area contributed by atoms with Gasteiger partial charge >= 0.3 is 5.97 Å². The molecule has 19 heavy (non-hydrogen) atoms. The molecule has 0 spiro atoms. The number of carboxylic acids is 1. The van der Waals surface area contributed by atoms with E-state index < -0.39 is 5.97 Å². The first-order valence-corrected chi connectivity index (χ1v) is 6.09. The molecule has 0 aromatic heterocycles. The van der Waals surface area contributed by atoms with Gasteiger partial charge in [0.1, 0.15) is 12.4 Å². The van der Waals surface area contributed by atoms with Gasteiger partial charge in [0.15, 0.2) is 0 Å². The fourth-order valence-electron chi connectivity index (χ4n) is 1.90. The van der Waals surface area contributed by atoms with Gasteiger partial charge < -0.3 is 9.84 Å². The molecule has 3 nitrogen and oxygen atoms in total. The first kappa shape index (κ1) is 13.1. The Bertz CT molecular complexity index is 603. The van der Waals surface area contributed by atoms with Crippen LogP contribution in [0.15, 0.2) is 42.5 Å². The molecule has 3 heteroatoms. The lowest BCUT2D eigenvalue weighted by atomic mass is 10.1. The summed E-state index contributed by atoms with van der Waals surface area (Å²) in [6, 6.07) is 13.0. The van der Waals surface area contributed by atoms with Crippen LogP contribution in [0.1, 0.15) is 27.0 Å². The highest BCUT2D eigenvalue weighted by Crippen LogP contribution is 2.19. The van der Waals surface area contributed by atoms with Gasteiger partial charge in [0.05, 0.1) is 5.56 Å². The minimum Gasteiger partial charge on any atom is -0.489 e. The van der Waals surface area contributed by atoms with E-state index in [4.69, 9.17) is 9.84 Å². The third kappa shape index (κ3) is 3.13. The summed E-state index contributed by atoms with van der Waals surface area (Å²) in [7, 11) is 0. The number of hydrogen-bond donors (Lipinski definition) is 1. The van der Waals surface area contributed by atoms with Crippen LogP contribution in [0.4, 0.5) is 0 Å². The zero-order valence-corrected chi connectivity index (χ0v) is 11.0. The van der Waals surface area contributed by atoms with E-state index in [1.807, 2.05) is 31.2 Å². The number of aryl methyl sites for hydroxylation is 2. The van der Waals surface area contributed by atoms with Gasteiger partial charge in [-0.05, 0) is 48.7 Å². The number of rotatable bonds is 4. The Morgan fingerprint density at radius 1 is 1.11 bits per heavy atom. The summed E-state index contributed by atoms with van der Waals surface area (Å²) in [6.45, 7) is 4.29. The second-order valence-electron chi connectivity index (χ2n) is 4.50. The highest BCUT2D eigenvalue weighted by molar-refractivity contribution is 5.89. The first-order chi connectivity index (χ1) is 9.08. The van der Waals surface area contributed by atoms with Crippen molar-refractivity contribution in [3.8, 4) is 5.75 Å². The molecule has 2 aromatic rings. The lowest BCUT2D eigenvalue weighted by Crippen LogP contribution is -2.01. The molecule has 0 heterocycles. The normalized spacial score (nSPS) is 10.2. The van der Waals surface area contributed by atoms with Crippen molar-refractivity contribution in [1.82, 2.24) is 0 Å². The maximum atomic E-state index is 10.9. The van der Waals surface area contributed by atoms with Crippen LogP contribution in [0.2, 0.25) is 0 Å². The van der Waals surface area contributed by atoms with E-state index in [-0.39, 0.29) is 0 Å². The molecular formula is C16H16O3. The maximum Gasteiger partial charge on any atom is 0.335 e. The summed E-state index contributed by atoms with van der Waals surface area (Å²) in [5, 5.41) is 8.96. The number of hydrogen-bond acceptors (Lipinski definition) is 2. The van der Waals surface area contributed by atoms with E-state index in [2.05, 4.69) is 0 Å². The van der Waals surface area contributed by atoms with Crippen LogP contribution in [-0.2, 0) is 6.61 Å². The van der Waals surface area contributed by atoms with Gasteiger partial charge in [0, 0.05) is 0 Å². The minimum absolute atomic E-state index is 0.309. The van der Waals surface area contributed by atoms with Gasteiger partial charge in [0.2, 0.25) is 0 Å². The minimum atomic E-state index is -0.914. The van der Waals surface area contributed by atoms with Crippen molar-refractivity contribution in [2.24, 2.45) is 0 Å². The molecule has 98 valence electrons. The van der Waals surface area contributed by atoms with Crippen molar-refractivity contribution in [3.63, 3.8) is 0 Å². The monoisotopic (exact) mass is 256 g/mol. The Hall–Kier alpha value is -2.29. The highest BCUT2D eigenvalue weighted by Gasteiger charge is 2.07. The van der Waals surface area contributed by atoms with Gasteiger partial charge in [-0.15, -0.1) is 0 Å². The van der Waals surface area contributed by atoms with Crippen LogP contribution in [-0.4, -0.2) is 11.1 Å². The summed E-state index contributed by atoms with van der Waals surface area (Å²) in [4.78, 5) is 10.9. The molecule has 0 radical (unpaired) electrons. The van der Waals surface area contributed by atoms with Crippen molar-refractivity contribution in [1.29, 1.82) is 0 Å². The molecule has 0 fully saturated rings. The second-order valence-corrected chi connectivity index (χ2v) is 4.50. The van der Waals surface area contributed by atoms with E-state index in [0.717, 1.165) is 5.56 Å². The number of aromatic carboxylic acids is 1. The van der Waals surface area contributed by atoms with Crippen LogP contribution in [0.5, 0.6) is 5.75 Å².